The molecule has 1 aromatic carbocycles. The van der Waals surface area contributed by atoms with Gasteiger partial charge in [0.15, 0.2) is 10.9 Å². The van der Waals surface area contributed by atoms with Gasteiger partial charge in [-0.15, -0.1) is 10.2 Å². The normalized spacial score (nSPS) is 17.9. The molecule has 32 heavy (non-hydrogen) atoms. The van der Waals surface area contributed by atoms with E-state index in [0.29, 0.717) is 17.7 Å². The van der Waals surface area contributed by atoms with E-state index in [1.807, 2.05) is 12.1 Å². The number of hydrogen-bond donors (Lipinski definition) is 1. The first-order valence-electron chi connectivity index (χ1n) is 11.7. The van der Waals surface area contributed by atoms with E-state index in [-0.39, 0.29) is 11.9 Å². The standard InChI is InChI=1S/C25H30N4O2S/c1-17-9-11-18(12-10-17)23(19-13-14-19)26-22(30)16-32-25-28-27-24(21-8-5-15-31-21)29(25)20-6-3-2-4-7-20/h5,8-12,15,19-20,23H,2-4,6-7,13-14,16H2,1H3,(H,26,30). The van der Waals surface area contributed by atoms with Crippen LogP contribution < -0.4 is 5.32 Å². The predicted molar refractivity (Wildman–Crippen MR) is 125 cm³/mol. The fourth-order valence-corrected chi connectivity index (χ4v) is 5.46. The SMILES string of the molecule is Cc1ccc(C(NC(=O)CSc2nnc(-c3ccco3)n2C2CCCCC2)C2CC2)cc1. The van der Waals surface area contributed by atoms with Crippen molar-refractivity contribution in [3.05, 3.63) is 53.8 Å². The van der Waals surface area contributed by atoms with E-state index in [1.165, 1.54) is 55.0 Å². The Morgan fingerprint density at radius 3 is 2.59 bits per heavy atom. The van der Waals surface area contributed by atoms with Crippen LogP contribution in [0.2, 0.25) is 0 Å². The first kappa shape index (κ1) is 21.3. The van der Waals surface area contributed by atoms with Crippen molar-refractivity contribution < 1.29 is 9.21 Å². The molecule has 2 aliphatic rings. The highest BCUT2D eigenvalue weighted by Gasteiger charge is 2.33. The topological polar surface area (TPSA) is 73.0 Å². The summed E-state index contributed by atoms with van der Waals surface area (Å²) in [5, 5.41) is 13.0. The van der Waals surface area contributed by atoms with E-state index >= 15 is 0 Å². The molecule has 5 rings (SSSR count). The molecule has 2 fully saturated rings. The van der Waals surface area contributed by atoms with Crippen LogP contribution in [-0.4, -0.2) is 26.4 Å². The Balaban J connectivity index is 1.29. The van der Waals surface area contributed by atoms with Crippen LogP contribution in [0.15, 0.2) is 52.2 Å². The van der Waals surface area contributed by atoms with E-state index in [9.17, 15) is 4.79 Å². The van der Waals surface area contributed by atoms with Gasteiger partial charge in [-0.2, -0.15) is 0 Å². The molecule has 1 atom stereocenters. The smallest absolute Gasteiger partial charge is 0.230 e. The molecule has 2 aromatic heterocycles. The zero-order valence-electron chi connectivity index (χ0n) is 18.5. The fraction of sp³-hybridized carbons (Fsp3) is 0.480. The minimum atomic E-state index is 0.0465. The van der Waals surface area contributed by atoms with Crippen molar-refractivity contribution in [1.29, 1.82) is 0 Å². The Labute approximate surface area is 193 Å². The molecule has 6 nitrogen and oxygen atoms in total. The van der Waals surface area contributed by atoms with E-state index in [2.05, 4.69) is 51.3 Å². The molecular formula is C25H30N4O2S. The van der Waals surface area contributed by atoms with Gasteiger partial charge < -0.3 is 9.73 Å². The van der Waals surface area contributed by atoms with Gasteiger partial charge in [-0.3, -0.25) is 9.36 Å². The maximum atomic E-state index is 12.9. The zero-order chi connectivity index (χ0) is 21.9. The van der Waals surface area contributed by atoms with Crippen molar-refractivity contribution in [1.82, 2.24) is 20.1 Å². The van der Waals surface area contributed by atoms with Crippen molar-refractivity contribution in [2.24, 2.45) is 5.92 Å². The summed E-state index contributed by atoms with van der Waals surface area (Å²) in [4.78, 5) is 12.9. The molecule has 0 spiro atoms. The minimum absolute atomic E-state index is 0.0465. The molecule has 0 aliphatic heterocycles. The second-order valence-corrected chi connectivity index (χ2v) is 9.97. The zero-order valence-corrected chi connectivity index (χ0v) is 19.3. The van der Waals surface area contributed by atoms with Gasteiger partial charge in [-0.05, 0) is 56.2 Å². The highest BCUT2D eigenvalue weighted by molar-refractivity contribution is 7.99. The molecular weight excluding hydrogens is 420 g/mol. The molecule has 1 unspecified atom stereocenters. The Morgan fingerprint density at radius 1 is 1.12 bits per heavy atom. The number of carbonyl (C=O) groups excluding carboxylic acids is 1. The van der Waals surface area contributed by atoms with Crippen LogP contribution in [0.3, 0.4) is 0 Å². The molecule has 1 amide bonds. The van der Waals surface area contributed by atoms with Crippen molar-refractivity contribution in [2.75, 3.05) is 5.75 Å². The number of benzene rings is 1. The molecule has 2 aliphatic carbocycles. The van der Waals surface area contributed by atoms with Crippen LogP contribution in [0.25, 0.3) is 11.6 Å². The summed E-state index contributed by atoms with van der Waals surface area (Å²) >= 11 is 1.47. The van der Waals surface area contributed by atoms with Gasteiger partial charge in [0.25, 0.3) is 0 Å². The number of furan rings is 1. The van der Waals surface area contributed by atoms with Crippen LogP contribution in [0.1, 0.15) is 68.2 Å². The van der Waals surface area contributed by atoms with Gasteiger partial charge in [0.1, 0.15) is 0 Å². The summed E-state index contributed by atoms with van der Waals surface area (Å²) in [6, 6.07) is 12.8. The number of rotatable bonds is 8. The molecule has 0 radical (unpaired) electrons. The van der Waals surface area contributed by atoms with Gasteiger partial charge in [-0.25, -0.2) is 0 Å². The van der Waals surface area contributed by atoms with Crippen molar-refractivity contribution in [2.45, 2.75) is 69.1 Å². The highest BCUT2D eigenvalue weighted by Crippen LogP contribution is 2.41. The number of aryl methyl sites for hydroxylation is 1. The van der Waals surface area contributed by atoms with Crippen LogP contribution in [-0.2, 0) is 4.79 Å². The first-order valence-corrected chi connectivity index (χ1v) is 12.6. The Hall–Kier alpha value is -2.54. The number of hydrogen-bond acceptors (Lipinski definition) is 5. The third kappa shape index (κ3) is 4.77. The van der Waals surface area contributed by atoms with E-state index < -0.39 is 0 Å². The maximum absolute atomic E-state index is 12.9. The monoisotopic (exact) mass is 450 g/mol. The van der Waals surface area contributed by atoms with Gasteiger partial charge in [0.2, 0.25) is 11.7 Å². The van der Waals surface area contributed by atoms with Crippen LogP contribution >= 0.6 is 11.8 Å². The number of nitrogens with zero attached hydrogens (tertiary/aromatic N) is 3. The van der Waals surface area contributed by atoms with Gasteiger partial charge in [-0.1, -0.05) is 60.9 Å². The molecule has 0 saturated heterocycles. The average molecular weight is 451 g/mol. The number of carbonyl (C=O) groups is 1. The summed E-state index contributed by atoms with van der Waals surface area (Å²) < 4.78 is 7.82. The number of thioether (sulfide) groups is 1. The molecule has 3 aromatic rings. The third-order valence-corrected chi connectivity index (χ3v) is 7.47. The molecule has 168 valence electrons. The summed E-state index contributed by atoms with van der Waals surface area (Å²) in [5.74, 6) is 2.42. The molecule has 7 heteroatoms. The fourth-order valence-electron chi connectivity index (χ4n) is 4.64. The summed E-state index contributed by atoms with van der Waals surface area (Å²) in [7, 11) is 0. The van der Waals surface area contributed by atoms with Crippen LogP contribution in [0.4, 0.5) is 0 Å². The lowest BCUT2D eigenvalue weighted by molar-refractivity contribution is -0.119. The van der Waals surface area contributed by atoms with Crippen molar-refractivity contribution in [3.8, 4) is 11.6 Å². The highest BCUT2D eigenvalue weighted by atomic mass is 32.2. The number of aromatic nitrogens is 3. The number of amides is 1. The second-order valence-electron chi connectivity index (χ2n) is 9.03. The van der Waals surface area contributed by atoms with Crippen molar-refractivity contribution in [3.63, 3.8) is 0 Å². The minimum Gasteiger partial charge on any atom is -0.461 e. The summed E-state index contributed by atoms with van der Waals surface area (Å²) in [6.07, 6.45) is 9.95. The number of nitrogens with one attached hydrogen (secondary N) is 1. The van der Waals surface area contributed by atoms with Gasteiger partial charge in [0, 0.05) is 6.04 Å². The quantitative estimate of drug-likeness (QED) is 0.445. The molecule has 0 bridgehead atoms. The largest absolute Gasteiger partial charge is 0.461 e. The lowest BCUT2D eigenvalue weighted by atomic mass is 9.95. The average Bonchev–Trinajstić information content (AvgIpc) is 3.33. The van der Waals surface area contributed by atoms with Gasteiger partial charge >= 0.3 is 0 Å². The predicted octanol–water partition coefficient (Wildman–Crippen LogP) is 5.71. The van der Waals surface area contributed by atoms with Crippen molar-refractivity contribution >= 4 is 17.7 Å². The summed E-state index contributed by atoms with van der Waals surface area (Å²) in [6.45, 7) is 2.09. The Kier molecular flexibility index (Phi) is 6.35. The summed E-state index contributed by atoms with van der Waals surface area (Å²) in [5.41, 5.74) is 2.43. The first-order chi connectivity index (χ1) is 15.7. The van der Waals surface area contributed by atoms with E-state index in [4.69, 9.17) is 4.42 Å². The second kappa shape index (κ2) is 9.53. The van der Waals surface area contributed by atoms with E-state index in [0.717, 1.165) is 29.6 Å². The Bertz CT molecular complexity index is 1030. The van der Waals surface area contributed by atoms with Gasteiger partial charge in [0.05, 0.1) is 18.1 Å². The Morgan fingerprint density at radius 2 is 1.91 bits per heavy atom. The molecule has 1 N–H and O–H groups in total. The lowest BCUT2D eigenvalue weighted by Crippen LogP contribution is -2.31. The van der Waals surface area contributed by atoms with Crippen LogP contribution in [0, 0.1) is 12.8 Å². The molecule has 2 saturated carbocycles. The lowest BCUT2D eigenvalue weighted by Gasteiger charge is -2.25. The molecule has 2 heterocycles. The van der Waals surface area contributed by atoms with Crippen LogP contribution in [0.5, 0.6) is 0 Å². The maximum Gasteiger partial charge on any atom is 0.230 e. The van der Waals surface area contributed by atoms with E-state index in [1.54, 1.807) is 6.26 Å². The third-order valence-electron chi connectivity index (χ3n) is 6.52.